The molecule has 0 radical (unpaired) electrons. The van der Waals surface area contributed by atoms with E-state index in [9.17, 15) is 14.9 Å². The van der Waals surface area contributed by atoms with Crippen molar-refractivity contribution in [3.8, 4) is 5.75 Å². The van der Waals surface area contributed by atoms with E-state index >= 15 is 0 Å². The molecular formula is C15H15N3O5. The first-order valence-corrected chi connectivity index (χ1v) is 6.72. The molecule has 0 aliphatic heterocycles. The number of nitrogens with one attached hydrogen (secondary N) is 1. The van der Waals surface area contributed by atoms with E-state index in [1.165, 1.54) is 18.3 Å². The number of carbonyl (C=O) groups is 1. The van der Waals surface area contributed by atoms with Gasteiger partial charge in [0, 0.05) is 0 Å². The van der Waals surface area contributed by atoms with Gasteiger partial charge in [-0.15, -0.1) is 0 Å². The van der Waals surface area contributed by atoms with E-state index in [2.05, 4.69) is 10.5 Å². The van der Waals surface area contributed by atoms with Crippen molar-refractivity contribution in [2.24, 2.45) is 5.10 Å². The molecule has 0 saturated heterocycles. The lowest BCUT2D eigenvalue weighted by molar-refractivity contribution is -0.402. The van der Waals surface area contributed by atoms with Gasteiger partial charge in [0.15, 0.2) is 12.4 Å². The predicted molar refractivity (Wildman–Crippen MR) is 82.5 cm³/mol. The average molecular weight is 317 g/mol. The van der Waals surface area contributed by atoms with Crippen LogP contribution >= 0.6 is 0 Å². The van der Waals surface area contributed by atoms with Gasteiger partial charge in [-0.25, -0.2) is 5.43 Å². The molecular weight excluding hydrogens is 302 g/mol. The number of hydrogen-bond donors (Lipinski definition) is 1. The van der Waals surface area contributed by atoms with Gasteiger partial charge in [-0.2, -0.15) is 5.10 Å². The predicted octanol–water partition coefficient (Wildman–Crippen LogP) is 2.33. The highest BCUT2D eigenvalue weighted by atomic mass is 16.6. The average Bonchev–Trinajstić information content (AvgIpc) is 2.98. The Bertz CT molecular complexity index is 751. The molecule has 0 spiro atoms. The summed E-state index contributed by atoms with van der Waals surface area (Å²) >= 11 is 0. The number of rotatable bonds is 6. The molecule has 0 aliphatic rings. The van der Waals surface area contributed by atoms with E-state index < -0.39 is 16.7 Å². The topological polar surface area (TPSA) is 107 Å². The highest BCUT2D eigenvalue weighted by Gasteiger charge is 2.10. The van der Waals surface area contributed by atoms with Crippen LogP contribution < -0.4 is 10.2 Å². The number of furan rings is 1. The first-order valence-electron chi connectivity index (χ1n) is 6.72. The largest absolute Gasteiger partial charge is 0.483 e. The van der Waals surface area contributed by atoms with Gasteiger partial charge < -0.3 is 9.15 Å². The molecule has 0 aliphatic carbocycles. The summed E-state index contributed by atoms with van der Waals surface area (Å²) < 4.78 is 10.3. The molecule has 0 atom stereocenters. The minimum atomic E-state index is -0.659. The Morgan fingerprint density at radius 2 is 2.17 bits per heavy atom. The van der Waals surface area contributed by atoms with E-state index in [1.54, 1.807) is 6.07 Å². The Hall–Kier alpha value is -3.16. The minimum absolute atomic E-state index is 0.160. The molecule has 1 N–H and O–H groups in total. The van der Waals surface area contributed by atoms with Crippen LogP contribution in [0.5, 0.6) is 5.75 Å². The number of nitro groups is 1. The Balaban J connectivity index is 1.84. The van der Waals surface area contributed by atoms with E-state index in [0.717, 1.165) is 11.1 Å². The lowest BCUT2D eigenvalue weighted by atomic mass is 10.1. The van der Waals surface area contributed by atoms with Gasteiger partial charge in [0.1, 0.15) is 10.7 Å². The molecule has 23 heavy (non-hydrogen) atoms. The highest BCUT2D eigenvalue weighted by molar-refractivity contribution is 5.81. The molecule has 1 aromatic carbocycles. The van der Waals surface area contributed by atoms with Gasteiger partial charge in [-0.1, -0.05) is 12.1 Å². The lowest BCUT2D eigenvalue weighted by Crippen LogP contribution is -2.24. The number of ether oxygens (including phenoxy) is 1. The minimum Gasteiger partial charge on any atom is -0.483 e. The van der Waals surface area contributed by atoms with Crippen molar-refractivity contribution < 1.29 is 18.9 Å². The Labute approximate surface area is 131 Å². The maximum Gasteiger partial charge on any atom is 0.433 e. The third-order valence-electron chi connectivity index (χ3n) is 3.09. The number of aryl methyl sites for hydroxylation is 1. The van der Waals surface area contributed by atoms with Gasteiger partial charge >= 0.3 is 5.88 Å². The molecule has 1 heterocycles. The molecule has 0 saturated carbocycles. The smallest absolute Gasteiger partial charge is 0.433 e. The third kappa shape index (κ3) is 4.40. The maximum atomic E-state index is 11.6. The summed E-state index contributed by atoms with van der Waals surface area (Å²) in [6.45, 7) is 3.67. The lowest BCUT2D eigenvalue weighted by Gasteiger charge is -2.09. The quantitative estimate of drug-likeness (QED) is 0.500. The Morgan fingerprint density at radius 3 is 2.87 bits per heavy atom. The fraction of sp³-hybridized carbons (Fsp3) is 0.200. The van der Waals surface area contributed by atoms with E-state index in [-0.39, 0.29) is 12.4 Å². The van der Waals surface area contributed by atoms with Crippen LogP contribution in [0.4, 0.5) is 5.88 Å². The molecule has 120 valence electrons. The fourth-order valence-electron chi connectivity index (χ4n) is 1.73. The first kappa shape index (κ1) is 16.2. The summed E-state index contributed by atoms with van der Waals surface area (Å²) in [6.07, 6.45) is 1.17. The molecule has 8 heteroatoms. The van der Waals surface area contributed by atoms with Crippen LogP contribution in [0.2, 0.25) is 0 Å². The number of hydrogen-bond acceptors (Lipinski definition) is 6. The summed E-state index contributed by atoms with van der Waals surface area (Å²) in [6, 6.07) is 8.15. The van der Waals surface area contributed by atoms with Crippen molar-refractivity contribution in [3.05, 3.63) is 57.3 Å². The van der Waals surface area contributed by atoms with Gasteiger partial charge in [0.25, 0.3) is 5.91 Å². The zero-order valence-electron chi connectivity index (χ0n) is 12.6. The van der Waals surface area contributed by atoms with Gasteiger partial charge in [-0.3, -0.25) is 14.9 Å². The van der Waals surface area contributed by atoms with Crippen molar-refractivity contribution in [2.45, 2.75) is 13.8 Å². The summed E-state index contributed by atoms with van der Waals surface area (Å²) in [7, 11) is 0. The molecule has 0 unspecified atom stereocenters. The zero-order chi connectivity index (χ0) is 16.8. The molecule has 8 nitrogen and oxygen atoms in total. The number of nitrogens with zero attached hydrogens (tertiary/aromatic N) is 2. The van der Waals surface area contributed by atoms with Crippen molar-refractivity contribution >= 4 is 18.0 Å². The monoisotopic (exact) mass is 317 g/mol. The van der Waals surface area contributed by atoms with Crippen LogP contribution in [0.25, 0.3) is 0 Å². The standard InChI is InChI=1S/C15H15N3O5/c1-10-4-3-5-13(11(10)2)22-9-14(19)17-16-8-12-6-7-15(23-12)18(20)21/h3-8H,9H2,1-2H3,(H,17,19). The van der Waals surface area contributed by atoms with Gasteiger partial charge in [-0.05, 0) is 37.1 Å². The maximum absolute atomic E-state index is 11.6. The van der Waals surface area contributed by atoms with E-state index in [4.69, 9.17) is 9.15 Å². The summed E-state index contributed by atoms with van der Waals surface area (Å²) in [5.41, 5.74) is 4.28. The van der Waals surface area contributed by atoms with Crippen molar-refractivity contribution in [1.29, 1.82) is 0 Å². The summed E-state index contributed by atoms with van der Waals surface area (Å²) in [5, 5.41) is 14.1. The van der Waals surface area contributed by atoms with E-state index in [1.807, 2.05) is 26.0 Å². The van der Waals surface area contributed by atoms with Crippen LogP contribution in [0, 0.1) is 24.0 Å². The van der Waals surface area contributed by atoms with Crippen molar-refractivity contribution in [3.63, 3.8) is 0 Å². The van der Waals surface area contributed by atoms with Gasteiger partial charge in [0.2, 0.25) is 0 Å². The second-order valence-electron chi connectivity index (χ2n) is 4.71. The van der Waals surface area contributed by atoms with Crippen LogP contribution in [-0.4, -0.2) is 23.7 Å². The molecule has 1 aromatic heterocycles. The van der Waals surface area contributed by atoms with Crippen LogP contribution in [0.15, 0.2) is 39.9 Å². The molecule has 1 amide bonds. The Kier molecular flexibility index (Phi) is 5.08. The second kappa shape index (κ2) is 7.21. The van der Waals surface area contributed by atoms with Crippen molar-refractivity contribution in [2.75, 3.05) is 6.61 Å². The van der Waals surface area contributed by atoms with Gasteiger partial charge in [0.05, 0.1) is 12.3 Å². The fourth-order valence-corrected chi connectivity index (χ4v) is 1.73. The highest BCUT2D eigenvalue weighted by Crippen LogP contribution is 2.20. The summed E-state index contributed by atoms with van der Waals surface area (Å²) in [4.78, 5) is 21.4. The Morgan fingerprint density at radius 1 is 1.39 bits per heavy atom. The first-order chi connectivity index (χ1) is 11.0. The van der Waals surface area contributed by atoms with Crippen LogP contribution in [0.3, 0.4) is 0 Å². The van der Waals surface area contributed by atoms with Crippen LogP contribution in [0.1, 0.15) is 16.9 Å². The number of carbonyl (C=O) groups excluding carboxylic acids is 1. The second-order valence-corrected chi connectivity index (χ2v) is 4.71. The molecule has 2 aromatic rings. The third-order valence-corrected chi connectivity index (χ3v) is 3.09. The SMILES string of the molecule is Cc1cccc(OCC(=O)NN=Cc2ccc([N+](=O)[O-])o2)c1C. The van der Waals surface area contributed by atoms with Crippen molar-refractivity contribution in [1.82, 2.24) is 5.43 Å². The van der Waals surface area contributed by atoms with E-state index in [0.29, 0.717) is 5.75 Å². The molecule has 2 rings (SSSR count). The zero-order valence-corrected chi connectivity index (χ0v) is 12.6. The number of amides is 1. The molecule has 0 fully saturated rings. The number of benzene rings is 1. The van der Waals surface area contributed by atoms with Crippen LogP contribution in [-0.2, 0) is 4.79 Å². The number of hydrazone groups is 1. The summed E-state index contributed by atoms with van der Waals surface area (Å²) in [5.74, 6) is -0.0579. The molecule has 0 bridgehead atoms. The normalized spacial score (nSPS) is 10.7.